The van der Waals surface area contributed by atoms with Crippen molar-refractivity contribution in [2.75, 3.05) is 6.61 Å². The lowest BCUT2D eigenvalue weighted by Gasteiger charge is -2.20. The lowest BCUT2D eigenvalue weighted by molar-refractivity contribution is 0.179. The van der Waals surface area contributed by atoms with Crippen LogP contribution in [0, 0.1) is 0 Å². The van der Waals surface area contributed by atoms with Gasteiger partial charge in [-0.15, -0.1) is 0 Å². The van der Waals surface area contributed by atoms with E-state index < -0.39 is 0 Å². The average Bonchev–Trinajstić information content (AvgIpc) is 2.88. The van der Waals surface area contributed by atoms with Gasteiger partial charge in [-0.3, -0.25) is 0 Å². The number of halogens is 1. The molecule has 104 valence electrons. The zero-order valence-corrected chi connectivity index (χ0v) is 11.9. The van der Waals surface area contributed by atoms with E-state index in [9.17, 15) is 5.11 Å². The first-order valence-corrected chi connectivity index (χ1v) is 7.25. The molecule has 3 rings (SSSR count). The van der Waals surface area contributed by atoms with Gasteiger partial charge in [-0.05, 0) is 29.7 Å². The highest BCUT2D eigenvalue weighted by molar-refractivity contribution is 6.31. The first-order valence-electron chi connectivity index (χ1n) is 6.87. The highest BCUT2D eigenvalue weighted by Gasteiger charge is 2.26. The Hall–Kier alpha value is -1.51. The van der Waals surface area contributed by atoms with Crippen LogP contribution in [0.1, 0.15) is 23.5 Å². The third-order valence-electron chi connectivity index (χ3n) is 3.83. The highest BCUT2D eigenvalue weighted by atomic mass is 35.5. The molecule has 1 N–H and O–H groups in total. The number of rotatable bonds is 4. The third kappa shape index (κ3) is 2.67. The molecular formula is C17H17ClO2. The Bertz CT molecular complexity index is 572. The first kappa shape index (κ1) is 13.5. The van der Waals surface area contributed by atoms with Crippen LogP contribution in [0.25, 0.3) is 0 Å². The second-order valence-electron chi connectivity index (χ2n) is 5.19. The number of fused-ring (bicyclic) bond motifs is 1. The summed E-state index contributed by atoms with van der Waals surface area (Å²) in [6, 6.07) is 15.8. The van der Waals surface area contributed by atoms with Gasteiger partial charge in [-0.2, -0.15) is 0 Å². The number of aliphatic hydroxyl groups is 1. The molecule has 1 aliphatic heterocycles. The molecule has 0 aromatic heterocycles. The molecule has 0 fully saturated rings. The predicted molar refractivity (Wildman–Crippen MR) is 80.5 cm³/mol. The van der Waals surface area contributed by atoms with Gasteiger partial charge >= 0.3 is 0 Å². The molecule has 0 spiro atoms. The van der Waals surface area contributed by atoms with E-state index in [-0.39, 0.29) is 18.6 Å². The molecule has 0 bridgehead atoms. The molecule has 0 saturated carbocycles. The summed E-state index contributed by atoms with van der Waals surface area (Å²) in [7, 11) is 0. The topological polar surface area (TPSA) is 29.5 Å². The van der Waals surface area contributed by atoms with Crippen LogP contribution >= 0.6 is 11.6 Å². The fourth-order valence-corrected chi connectivity index (χ4v) is 3.10. The number of hydrogen-bond donors (Lipinski definition) is 1. The Morgan fingerprint density at radius 1 is 1.15 bits per heavy atom. The van der Waals surface area contributed by atoms with Crippen molar-refractivity contribution < 1.29 is 9.84 Å². The largest absolute Gasteiger partial charge is 0.490 e. The van der Waals surface area contributed by atoms with Crippen LogP contribution in [0.5, 0.6) is 5.75 Å². The summed E-state index contributed by atoms with van der Waals surface area (Å²) in [6.45, 7) is 0.0833. The van der Waals surface area contributed by atoms with Crippen LogP contribution in [-0.4, -0.2) is 17.8 Å². The minimum Gasteiger partial charge on any atom is -0.490 e. The van der Waals surface area contributed by atoms with E-state index in [2.05, 4.69) is 6.07 Å². The third-order valence-corrected chi connectivity index (χ3v) is 4.17. The van der Waals surface area contributed by atoms with Crippen LogP contribution in [0.3, 0.4) is 0 Å². The fourth-order valence-electron chi connectivity index (χ4n) is 2.81. The molecule has 3 heteroatoms. The van der Waals surface area contributed by atoms with E-state index in [1.807, 2.05) is 42.5 Å². The number of aliphatic hydroxyl groups excluding tert-OH is 1. The second kappa shape index (κ2) is 5.86. The maximum atomic E-state index is 9.67. The summed E-state index contributed by atoms with van der Waals surface area (Å²) in [5.41, 5.74) is 2.24. The van der Waals surface area contributed by atoms with Crippen LogP contribution < -0.4 is 4.74 Å². The van der Waals surface area contributed by atoms with Crippen LogP contribution in [0.4, 0.5) is 0 Å². The number of ether oxygens (including phenoxy) is 1. The molecule has 20 heavy (non-hydrogen) atoms. The van der Waals surface area contributed by atoms with Crippen molar-refractivity contribution in [2.24, 2.45) is 0 Å². The molecule has 0 aliphatic carbocycles. The molecule has 2 unspecified atom stereocenters. The van der Waals surface area contributed by atoms with E-state index in [1.54, 1.807) is 0 Å². The highest BCUT2D eigenvalue weighted by Crippen LogP contribution is 2.34. The maximum absolute atomic E-state index is 9.67. The minimum absolute atomic E-state index is 0.0167. The van der Waals surface area contributed by atoms with Crippen LogP contribution in [0.2, 0.25) is 5.02 Å². The van der Waals surface area contributed by atoms with Gasteiger partial charge in [0.05, 0.1) is 6.61 Å². The number of benzene rings is 2. The quantitative estimate of drug-likeness (QED) is 0.927. The van der Waals surface area contributed by atoms with E-state index in [1.165, 1.54) is 5.56 Å². The van der Waals surface area contributed by atoms with E-state index in [0.29, 0.717) is 5.02 Å². The molecule has 0 radical (unpaired) electrons. The normalized spacial score (nSPS) is 18.4. The SMILES string of the molecule is OCC(CC1Cc2ccccc2O1)c1ccccc1Cl. The smallest absolute Gasteiger partial charge is 0.123 e. The lowest BCUT2D eigenvalue weighted by Crippen LogP contribution is -2.19. The summed E-state index contributed by atoms with van der Waals surface area (Å²) in [5.74, 6) is 0.983. The van der Waals surface area contributed by atoms with E-state index in [0.717, 1.165) is 24.2 Å². The summed E-state index contributed by atoms with van der Waals surface area (Å²) in [6.07, 6.45) is 1.78. The van der Waals surface area contributed by atoms with Gasteiger partial charge in [0.15, 0.2) is 0 Å². The van der Waals surface area contributed by atoms with Crippen molar-refractivity contribution in [3.63, 3.8) is 0 Å². The van der Waals surface area contributed by atoms with Crippen molar-refractivity contribution in [1.29, 1.82) is 0 Å². The Morgan fingerprint density at radius 2 is 1.90 bits per heavy atom. The molecular weight excluding hydrogens is 272 g/mol. The molecule has 2 aromatic rings. The number of hydrogen-bond acceptors (Lipinski definition) is 2. The summed E-state index contributed by atoms with van der Waals surface area (Å²) in [4.78, 5) is 0. The number of para-hydroxylation sites is 1. The Labute approximate surface area is 124 Å². The van der Waals surface area contributed by atoms with Crippen molar-refractivity contribution >= 4 is 11.6 Å². The van der Waals surface area contributed by atoms with Gasteiger partial charge < -0.3 is 9.84 Å². The Kier molecular flexibility index (Phi) is 3.95. The van der Waals surface area contributed by atoms with Gasteiger partial charge in [-0.1, -0.05) is 48.0 Å². The standard InChI is InChI=1S/C17H17ClO2/c18-16-7-3-2-6-15(16)13(11-19)10-14-9-12-5-1-4-8-17(12)20-14/h1-8,13-14,19H,9-11H2. The predicted octanol–water partition coefficient (Wildman–Crippen LogP) is 3.81. The monoisotopic (exact) mass is 288 g/mol. The van der Waals surface area contributed by atoms with Gasteiger partial charge in [0.25, 0.3) is 0 Å². The van der Waals surface area contributed by atoms with E-state index in [4.69, 9.17) is 16.3 Å². The van der Waals surface area contributed by atoms with Gasteiger partial charge in [0.1, 0.15) is 11.9 Å². The minimum atomic E-state index is 0.0167. The molecule has 2 atom stereocenters. The van der Waals surface area contributed by atoms with Gasteiger partial charge in [-0.25, -0.2) is 0 Å². The Morgan fingerprint density at radius 3 is 2.65 bits per heavy atom. The first-order chi connectivity index (χ1) is 9.78. The zero-order valence-electron chi connectivity index (χ0n) is 11.1. The zero-order chi connectivity index (χ0) is 13.9. The van der Waals surface area contributed by atoms with Gasteiger partial charge in [0, 0.05) is 17.4 Å². The summed E-state index contributed by atoms with van der Waals surface area (Å²) in [5, 5.41) is 10.4. The molecule has 2 nitrogen and oxygen atoms in total. The summed E-state index contributed by atoms with van der Waals surface area (Å²) < 4.78 is 5.95. The van der Waals surface area contributed by atoms with Crippen molar-refractivity contribution in [1.82, 2.24) is 0 Å². The molecule has 0 amide bonds. The van der Waals surface area contributed by atoms with Crippen molar-refractivity contribution in [2.45, 2.75) is 24.9 Å². The van der Waals surface area contributed by atoms with Gasteiger partial charge in [0.2, 0.25) is 0 Å². The lowest BCUT2D eigenvalue weighted by atomic mass is 9.92. The molecule has 0 saturated heterocycles. The van der Waals surface area contributed by atoms with E-state index >= 15 is 0 Å². The summed E-state index contributed by atoms with van der Waals surface area (Å²) >= 11 is 6.22. The van der Waals surface area contributed by atoms with Crippen LogP contribution in [0.15, 0.2) is 48.5 Å². The van der Waals surface area contributed by atoms with Crippen LogP contribution in [-0.2, 0) is 6.42 Å². The average molecular weight is 289 g/mol. The Balaban J connectivity index is 1.73. The molecule has 1 heterocycles. The molecule has 2 aromatic carbocycles. The fraction of sp³-hybridized carbons (Fsp3) is 0.294. The van der Waals surface area contributed by atoms with Crippen molar-refractivity contribution in [3.05, 3.63) is 64.7 Å². The van der Waals surface area contributed by atoms with Crippen molar-refractivity contribution in [3.8, 4) is 5.75 Å². The maximum Gasteiger partial charge on any atom is 0.123 e. The molecule has 1 aliphatic rings. The second-order valence-corrected chi connectivity index (χ2v) is 5.60.